The lowest BCUT2D eigenvalue weighted by Crippen LogP contribution is -2.26. The van der Waals surface area contributed by atoms with Crippen molar-refractivity contribution < 1.29 is 0 Å². The fourth-order valence-corrected chi connectivity index (χ4v) is 6.17. The van der Waals surface area contributed by atoms with Gasteiger partial charge in [0.15, 0.2) is 0 Å². The molecule has 1 heterocycles. The third-order valence-corrected chi connectivity index (χ3v) is 8.47. The molecule has 0 saturated carbocycles. The van der Waals surface area contributed by atoms with Crippen molar-refractivity contribution in [2.75, 3.05) is 9.80 Å². The van der Waals surface area contributed by atoms with E-state index in [1.54, 1.807) is 0 Å². The molecule has 0 bridgehead atoms. The minimum absolute atomic E-state index is 0.867. The van der Waals surface area contributed by atoms with Gasteiger partial charge in [-0.1, -0.05) is 110 Å². The lowest BCUT2D eigenvalue weighted by Gasteiger charge is -2.34. The van der Waals surface area contributed by atoms with Crippen LogP contribution in [0.15, 0.2) is 175 Å². The Morgan fingerprint density at radius 3 is 2.45 bits per heavy atom. The number of para-hydroxylation sites is 2. The summed E-state index contributed by atoms with van der Waals surface area (Å²) in [5, 5.41) is 0. The number of nitrogens with zero attached hydrogens (tertiary/aromatic N) is 2. The number of benzene rings is 3. The molecule has 3 aromatic rings. The topological polar surface area (TPSA) is 6.48 Å². The smallest absolute Gasteiger partial charge is 0.0490 e. The van der Waals surface area contributed by atoms with Gasteiger partial charge >= 0.3 is 0 Å². The number of fused-ring (bicyclic) bond motifs is 1. The molecule has 3 aliphatic rings. The molecule has 0 fully saturated rings. The van der Waals surface area contributed by atoms with Gasteiger partial charge < -0.3 is 9.80 Å². The van der Waals surface area contributed by atoms with E-state index in [-0.39, 0.29) is 0 Å². The molecule has 0 N–H and O–H groups in total. The summed E-state index contributed by atoms with van der Waals surface area (Å²) in [5.74, 6) is 0. The average molecular weight is 573 g/mol. The summed E-state index contributed by atoms with van der Waals surface area (Å²) >= 11 is 0. The highest BCUT2D eigenvalue weighted by Gasteiger charge is 2.23. The van der Waals surface area contributed by atoms with Gasteiger partial charge in [0.1, 0.15) is 0 Å². The van der Waals surface area contributed by atoms with Crippen LogP contribution in [0.4, 0.5) is 17.1 Å². The molecular formula is C42H40N2. The highest BCUT2D eigenvalue weighted by molar-refractivity contribution is 5.80. The normalized spacial score (nSPS) is 17.3. The van der Waals surface area contributed by atoms with Gasteiger partial charge in [-0.15, -0.1) is 0 Å². The van der Waals surface area contributed by atoms with E-state index in [1.165, 1.54) is 56.3 Å². The largest absolute Gasteiger partial charge is 0.314 e. The second kappa shape index (κ2) is 13.5. The van der Waals surface area contributed by atoms with Gasteiger partial charge in [-0.25, -0.2) is 0 Å². The van der Waals surface area contributed by atoms with Crippen LogP contribution in [0.1, 0.15) is 42.9 Å². The Kier molecular flexibility index (Phi) is 8.89. The summed E-state index contributed by atoms with van der Waals surface area (Å²) in [5.41, 5.74) is 13.7. The molecule has 218 valence electrons. The van der Waals surface area contributed by atoms with E-state index in [9.17, 15) is 0 Å². The maximum absolute atomic E-state index is 3.83. The fourth-order valence-electron chi connectivity index (χ4n) is 6.17. The first-order chi connectivity index (χ1) is 21.6. The summed E-state index contributed by atoms with van der Waals surface area (Å²) in [6.07, 6.45) is 30.1. The van der Waals surface area contributed by atoms with E-state index in [4.69, 9.17) is 0 Å². The second-order valence-corrected chi connectivity index (χ2v) is 11.4. The van der Waals surface area contributed by atoms with E-state index in [1.807, 2.05) is 12.2 Å². The molecule has 2 aliphatic carbocycles. The van der Waals surface area contributed by atoms with Gasteiger partial charge in [0.25, 0.3) is 0 Å². The lowest BCUT2D eigenvalue weighted by molar-refractivity contribution is 0.843. The predicted molar refractivity (Wildman–Crippen MR) is 190 cm³/mol. The van der Waals surface area contributed by atoms with E-state index in [2.05, 4.69) is 164 Å². The quantitative estimate of drug-likeness (QED) is 0.260. The van der Waals surface area contributed by atoms with Crippen molar-refractivity contribution in [1.82, 2.24) is 0 Å². The Balaban J connectivity index is 1.30. The van der Waals surface area contributed by atoms with Crippen molar-refractivity contribution in [3.05, 3.63) is 192 Å². The zero-order valence-electron chi connectivity index (χ0n) is 25.8. The standard InChI is InChI=1S/C42H40N2/c1-4-5-7-19-37-31-27-36-17-11-13-23-42(36)43(37)38-20-14-18-34(24-28-38)35-25-29-39(30-26-35)44(41-22-12-10-16-33(41)3)40-21-9-6-8-15-32(40)2/h4-7,9-13,15-26,28-30H,1,8,14,27,31H2,2-3H3/b7-5-,37-19+. The number of hydrogen-bond acceptors (Lipinski definition) is 2. The van der Waals surface area contributed by atoms with Crippen molar-refractivity contribution in [3.8, 4) is 0 Å². The summed E-state index contributed by atoms with van der Waals surface area (Å²) in [4.78, 5) is 4.81. The van der Waals surface area contributed by atoms with Crippen LogP contribution >= 0.6 is 0 Å². The first-order valence-electron chi connectivity index (χ1n) is 15.6. The van der Waals surface area contributed by atoms with Crippen molar-refractivity contribution >= 4 is 22.6 Å². The predicted octanol–water partition coefficient (Wildman–Crippen LogP) is 11.2. The maximum atomic E-state index is 3.83. The molecule has 0 saturated heterocycles. The molecule has 2 heteroatoms. The zero-order valence-corrected chi connectivity index (χ0v) is 25.8. The van der Waals surface area contributed by atoms with Gasteiger partial charge in [-0.3, -0.25) is 0 Å². The Hall–Kier alpha value is -5.08. The Morgan fingerprint density at radius 1 is 0.795 bits per heavy atom. The summed E-state index contributed by atoms with van der Waals surface area (Å²) in [6, 6.07) is 26.4. The minimum Gasteiger partial charge on any atom is -0.314 e. The molecule has 0 spiro atoms. The van der Waals surface area contributed by atoms with Gasteiger partial charge in [-0.2, -0.15) is 0 Å². The third kappa shape index (κ3) is 6.16. The minimum atomic E-state index is 0.867. The molecule has 3 aromatic carbocycles. The van der Waals surface area contributed by atoms with E-state index >= 15 is 0 Å². The molecule has 0 amide bonds. The summed E-state index contributed by atoms with van der Waals surface area (Å²) in [6.45, 7) is 8.23. The molecule has 1 aliphatic heterocycles. The van der Waals surface area contributed by atoms with Crippen LogP contribution in [0.25, 0.3) is 5.57 Å². The van der Waals surface area contributed by atoms with Gasteiger partial charge in [-0.05, 0) is 110 Å². The number of anilines is 3. The first kappa shape index (κ1) is 29.0. The van der Waals surface area contributed by atoms with Crippen LogP contribution in [-0.2, 0) is 6.42 Å². The number of aryl methyl sites for hydroxylation is 2. The average Bonchev–Trinajstić information content (AvgIpc) is 3.43. The molecule has 0 unspecified atom stereocenters. The van der Waals surface area contributed by atoms with Crippen molar-refractivity contribution in [3.63, 3.8) is 0 Å². The van der Waals surface area contributed by atoms with Crippen molar-refractivity contribution in [2.45, 2.75) is 39.5 Å². The Labute approximate surface area is 263 Å². The lowest BCUT2D eigenvalue weighted by atomic mass is 9.97. The molecule has 2 nitrogen and oxygen atoms in total. The van der Waals surface area contributed by atoms with Crippen molar-refractivity contribution in [2.24, 2.45) is 0 Å². The number of allylic oxidation sites excluding steroid dienone is 15. The third-order valence-electron chi connectivity index (χ3n) is 8.47. The summed E-state index contributed by atoms with van der Waals surface area (Å²) < 4.78 is 0. The molecule has 44 heavy (non-hydrogen) atoms. The van der Waals surface area contributed by atoms with E-state index in [0.717, 1.165) is 31.4 Å². The molecule has 0 radical (unpaired) electrons. The van der Waals surface area contributed by atoms with Crippen LogP contribution in [0.3, 0.4) is 0 Å². The monoisotopic (exact) mass is 572 g/mol. The van der Waals surface area contributed by atoms with Crippen molar-refractivity contribution in [1.29, 1.82) is 0 Å². The Morgan fingerprint density at radius 2 is 1.61 bits per heavy atom. The van der Waals surface area contributed by atoms with Crippen LogP contribution in [-0.4, -0.2) is 0 Å². The fraction of sp³-hybridized carbons (Fsp3) is 0.143. The van der Waals surface area contributed by atoms with Gasteiger partial charge in [0, 0.05) is 34.2 Å². The second-order valence-electron chi connectivity index (χ2n) is 11.4. The molecule has 0 atom stereocenters. The van der Waals surface area contributed by atoms with Gasteiger partial charge in [0.05, 0.1) is 0 Å². The van der Waals surface area contributed by atoms with Crippen LogP contribution < -0.4 is 9.80 Å². The van der Waals surface area contributed by atoms with Crippen LogP contribution in [0, 0.1) is 6.92 Å². The van der Waals surface area contributed by atoms with Gasteiger partial charge in [0.2, 0.25) is 0 Å². The van der Waals surface area contributed by atoms with Crippen LogP contribution in [0.2, 0.25) is 0 Å². The van der Waals surface area contributed by atoms with E-state index < -0.39 is 0 Å². The molecule has 0 aromatic heterocycles. The summed E-state index contributed by atoms with van der Waals surface area (Å²) in [7, 11) is 0. The zero-order chi connectivity index (χ0) is 30.3. The first-order valence-corrected chi connectivity index (χ1v) is 15.6. The maximum Gasteiger partial charge on any atom is 0.0490 e. The highest BCUT2D eigenvalue weighted by Crippen LogP contribution is 2.39. The number of hydrogen-bond donors (Lipinski definition) is 0. The number of rotatable bonds is 7. The molecule has 6 rings (SSSR count). The van der Waals surface area contributed by atoms with Crippen LogP contribution in [0.5, 0.6) is 0 Å². The molecular weight excluding hydrogens is 532 g/mol. The highest BCUT2D eigenvalue weighted by atomic mass is 15.2. The SMILES string of the molecule is C=C/C=C\C=C1/CCc2ccccc2N1C1=CCC=C(c2ccc(N(C3=CC=CCC=C3C)c3ccccc3C)cc2)C=C1. The Bertz CT molecular complexity index is 1780. The van der Waals surface area contributed by atoms with E-state index in [0.29, 0.717) is 0 Å².